The zero-order chi connectivity index (χ0) is 8.10. The van der Waals surface area contributed by atoms with Gasteiger partial charge in [0.05, 0.1) is 25.4 Å². The Balaban J connectivity index is 2.40. The highest BCUT2D eigenvalue weighted by molar-refractivity contribution is 5.14. The molecule has 1 aromatic heterocycles. The van der Waals surface area contributed by atoms with Crippen LogP contribution < -0.4 is 5.32 Å². The highest BCUT2D eigenvalue weighted by Gasteiger charge is 1.98. The molecule has 0 radical (unpaired) electrons. The van der Waals surface area contributed by atoms with Gasteiger partial charge in [-0.1, -0.05) is 0 Å². The molecule has 0 aliphatic carbocycles. The smallest absolute Gasteiger partial charge is 0.120 e. The van der Waals surface area contributed by atoms with Crippen molar-refractivity contribution in [2.75, 3.05) is 6.54 Å². The Morgan fingerprint density at radius 3 is 3.09 bits per heavy atom. The van der Waals surface area contributed by atoms with Crippen molar-refractivity contribution in [2.24, 2.45) is 0 Å². The molecule has 58 valence electrons. The summed E-state index contributed by atoms with van der Waals surface area (Å²) >= 11 is 0. The van der Waals surface area contributed by atoms with Gasteiger partial charge in [-0.2, -0.15) is 5.26 Å². The van der Waals surface area contributed by atoms with Crippen LogP contribution in [0.1, 0.15) is 11.3 Å². The number of nitrogens with one attached hydrogen (secondary N) is 1. The van der Waals surface area contributed by atoms with Crippen LogP contribution in [0.5, 0.6) is 0 Å². The van der Waals surface area contributed by atoms with Gasteiger partial charge < -0.3 is 4.42 Å². The van der Waals surface area contributed by atoms with E-state index in [0.29, 0.717) is 13.1 Å². The van der Waals surface area contributed by atoms with Crippen molar-refractivity contribution in [3.05, 3.63) is 23.7 Å². The first-order valence-corrected chi connectivity index (χ1v) is 3.45. The predicted octanol–water partition coefficient (Wildman–Crippen LogP) is 1.20. The molecule has 1 N–H and O–H groups in total. The molecule has 0 aromatic carbocycles. The van der Waals surface area contributed by atoms with Crippen LogP contribution in [0.25, 0.3) is 0 Å². The van der Waals surface area contributed by atoms with Gasteiger partial charge in [-0.15, -0.1) is 0 Å². The molecule has 3 nitrogen and oxygen atoms in total. The molecule has 3 heteroatoms. The van der Waals surface area contributed by atoms with Crippen molar-refractivity contribution in [3.63, 3.8) is 0 Å². The second kappa shape index (κ2) is 3.79. The van der Waals surface area contributed by atoms with Gasteiger partial charge in [0.25, 0.3) is 0 Å². The maximum Gasteiger partial charge on any atom is 0.120 e. The lowest BCUT2D eigenvalue weighted by atomic mass is 10.3. The standard InChI is InChI=1S/C8H10N2O/c1-7-2-5-11-8(7)6-10-4-3-9/h2,5,10H,4,6H2,1H3. The molecule has 11 heavy (non-hydrogen) atoms. The summed E-state index contributed by atoms with van der Waals surface area (Å²) < 4.78 is 5.14. The minimum atomic E-state index is 0.361. The Hall–Kier alpha value is -1.27. The van der Waals surface area contributed by atoms with E-state index < -0.39 is 0 Å². The fraction of sp³-hybridized carbons (Fsp3) is 0.375. The maximum absolute atomic E-state index is 8.22. The Bertz CT molecular complexity index is 259. The van der Waals surface area contributed by atoms with E-state index in [1.807, 2.05) is 19.1 Å². The molecule has 0 bridgehead atoms. The van der Waals surface area contributed by atoms with Crippen LogP contribution in [-0.2, 0) is 6.54 Å². The first-order chi connectivity index (χ1) is 5.34. The molecule has 0 amide bonds. The zero-order valence-electron chi connectivity index (χ0n) is 6.42. The SMILES string of the molecule is Cc1ccoc1CNCC#N. The van der Waals surface area contributed by atoms with E-state index in [4.69, 9.17) is 9.68 Å². The second-order valence-electron chi connectivity index (χ2n) is 2.29. The first kappa shape index (κ1) is 7.83. The fourth-order valence-corrected chi connectivity index (χ4v) is 0.817. The molecule has 0 unspecified atom stereocenters. The van der Waals surface area contributed by atoms with E-state index in [9.17, 15) is 0 Å². The number of aryl methyl sites for hydroxylation is 1. The van der Waals surface area contributed by atoms with E-state index >= 15 is 0 Å². The van der Waals surface area contributed by atoms with E-state index in [0.717, 1.165) is 11.3 Å². The van der Waals surface area contributed by atoms with E-state index in [2.05, 4.69) is 5.32 Å². The van der Waals surface area contributed by atoms with Crippen LogP contribution >= 0.6 is 0 Å². The summed E-state index contributed by atoms with van der Waals surface area (Å²) in [6.45, 7) is 2.97. The second-order valence-corrected chi connectivity index (χ2v) is 2.29. The first-order valence-electron chi connectivity index (χ1n) is 3.45. The van der Waals surface area contributed by atoms with Gasteiger partial charge >= 0.3 is 0 Å². The van der Waals surface area contributed by atoms with E-state index in [-0.39, 0.29) is 0 Å². The summed E-state index contributed by atoms with van der Waals surface area (Å²) in [5, 5.41) is 11.1. The van der Waals surface area contributed by atoms with Crippen LogP contribution in [0, 0.1) is 18.3 Å². The highest BCUT2D eigenvalue weighted by Crippen LogP contribution is 2.07. The van der Waals surface area contributed by atoms with Crippen molar-refractivity contribution < 1.29 is 4.42 Å². The molecule has 0 saturated heterocycles. The largest absolute Gasteiger partial charge is 0.468 e. The predicted molar refractivity (Wildman–Crippen MR) is 40.8 cm³/mol. The Labute approximate surface area is 65.6 Å². The Morgan fingerprint density at radius 2 is 2.55 bits per heavy atom. The highest BCUT2D eigenvalue weighted by atomic mass is 16.3. The monoisotopic (exact) mass is 150 g/mol. The van der Waals surface area contributed by atoms with Crippen molar-refractivity contribution >= 4 is 0 Å². The summed E-state index contributed by atoms with van der Waals surface area (Å²) in [5.74, 6) is 0.903. The molecule has 1 rings (SSSR count). The van der Waals surface area contributed by atoms with Crippen molar-refractivity contribution in [3.8, 4) is 6.07 Å². The van der Waals surface area contributed by atoms with Gasteiger partial charge in [-0.3, -0.25) is 5.32 Å². The molecule has 1 heterocycles. The zero-order valence-corrected chi connectivity index (χ0v) is 6.42. The van der Waals surface area contributed by atoms with Crippen LogP contribution in [-0.4, -0.2) is 6.54 Å². The van der Waals surface area contributed by atoms with Gasteiger partial charge in [-0.25, -0.2) is 0 Å². The van der Waals surface area contributed by atoms with Crippen LogP contribution in [0.2, 0.25) is 0 Å². The van der Waals surface area contributed by atoms with E-state index in [1.54, 1.807) is 6.26 Å². The molecule has 0 atom stereocenters. The summed E-state index contributed by atoms with van der Waals surface area (Å²) in [7, 11) is 0. The number of hydrogen-bond donors (Lipinski definition) is 1. The van der Waals surface area contributed by atoms with Gasteiger partial charge in [-0.05, 0) is 18.6 Å². The molecule has 0 spiro atoms. The molecule has 0 saturated carbocycles. The minimum Gasteiger partial charge on any atom is -0.468 e. The summed E-state index contributed by atoms with van der Waals surface area (Å²) in [5.41, 5.74) is 1.12. The van der Waals surface area contributed by atoms with Gasteiger partial charge in [0, 0.05) is 0 Å². The molecular weight excluding hydrogens is 140 g/mol. The Kier molecular flexibility index (Phi) is 2.70. The number of nitriles is 1. The lowest BCUT2D eigenvalue weighted by Gasteiger charge is -1.96. The third kappa shape index (κ3) is 2.10. The summed E-state index contributed by atoms with van der Waals surface area (Å²) in [6, 6.07) is 3.90. The lowest BCUT2D eigenvalue weighted by Crippen LogP contribution is -2.12. The summed E-state index contributed by atoms with van der Waals surface area (Å²) in [6.07, 6.45) is 1.65. The third-order valence-corrected chi connectivity index (χ3v) is 1.46. The molecule has 0 aliphatic rings. The minimum absolute atomic E-state index is 0.361. The van der Waals surface area contributed by atoms with E-state index in [1.165, 1.54) is 0 Å². The fourth-order valence-electron chi connectivity index (χ4n) is 0.817. The summed E-state index contributed by atoms with van der Waals surface area (Å²) in [4.78, 5) is 0. The number of furan rings is 1. The normalized spacial score (nSPS) is 9.45. The third-order valence-electron chi connectivity index (χ3n) is 1.46. The van der Waals surface area contributed by atoms with Gasteiger partial charge in [0.15, 0.2) is 0 Å². The van der Waals surface area contributed by atoms with Crippen molar-refractivity contribution in [1.82, 2.24) is 5.32 Å². The topological polar surface area (TPSA) is 49.0 Å². The molecular formula is C8H10N2O. The molecule has 0 fully saturated rings. The van der Waals surface area contributed by atoms with Crippen LogP contribution in [0.4, 0.5) is 0 Å². The number of hydrogen-bond acceptors (Lipinski definition) is 3. The van der Waals surface area contributed by atoms with Crippen molar-refractivity contribution in [2.45, 2.75) is 13.5 Å². The van der Waals surface area contributed by atoms with Gasteiger partial charge in [0.2, 0.25) is 0 Å². The van der Waals surface area contributed by atoms with Crippen molar-refractivity contribution in [1.29, 1.82) is 5.26 Å². The average Bonchev–Trinajstić information content (AvgIpc) is 2.37. The quantitative estimate of drug-likeness (QED) is 0.520. The number of nitrogens with zero attached hydrogens (tertiary/aromatic N) is 1. The number of rotatable bonds is 3. The molecule has 0 aliphatic heterocycles. The average molecular weight is 150 g/mol. The molecule has 1 aromatic rings. The van der Waals surface area contributed by atoms with Crippen LogP contribution in [0.15, 0.2) is 16.7 Å². The lowest BCUT2D eigenvalue weighted by molar-refractivity contribution is 0.488. The maximum atomic E-state index is 8.22. The Morgan fingerprint density at radius 1 is 1.73 bits per heavy atom. The van der Waals surface area contributed by atoms with Gasteiger partial charge in [0.1, 0.15) is 5.76 Å². The van der Waals surface area contributed by atoms with Crippen LogP contribution in [0.3, 0.4) is 0 Å².